The van der Waals surface area contributed by atoms with E-state index in [4.69, 9.17) is 23.1 Å². The monoisotopic (exact) mass is 343 g/mol. The van der Waals surface area contributed by atoms with Crippen molar-refractivity contribution < 1.29 is 0 Å². The van der Waals surface area contributed by atoms with Crippen LogP contribution in [0.4, 0.5) is 0 Å². The van der Waals surface area contributed by atoms with E-state index in [1.165, 1.54) is 6.42 Å². The average molecular weight is 344 g/mol. The first-order valence-corrected chi connectivity index (χ1v) is 7.67. The van der Waals surface area contributed by atoms with E-state index in [-0.39, 0.29) is 18.4 Å². The van der Waals surface area contributed by atoms with E-state index in [0.29, 0.717) is 12.5 Å². The van der Waals surface area contributed by atoms with Crippen LogP contribution in [0.3, 0.4) is 0 Å². The van der Waals surface area contributed by atoms with Crippen molar-refractivity contribution in [1.82, 2.24) is 4.90 Å². The molecule has 1 aromatic rings. The molecule has 0 aliphatic carbocycles. The Bertz CT molecular complexity index is 524. The molecule has 0 spiro atoms. The molecule has 1 aromatic carbocycles. The highest BCUT2D eigenvalue weighted by molar-refractivity contribution is 6.31. The Morgan fingerprint density at radius 1 is 1.14 bits per heavy atom. The number of likely N-dealkylation sites (tertiary alicyclic amines) is 1. The lowest BCUT2D eigenvalue weighted by Gasteiger charge is -2.27. The molecule has 22 heavy (non-hydrogen) atoms. The largest absolute Gasteiger partial charge is 0.369 e. The molecule has 0 bridgehead atoms. The number of benzene rings is 1. The van der Waals surface area contributed by atoms with E-state index in [2.05, 4.69) is 14.9 Å². The van der Waals surface area contributed by atoms with Gasteiger partial charge in [-0.05, 0) is 37.3 Å². The predicted octanol–water partition coefficient (Wildman–Crippen LogP) is 2.42. The van der Waals surface area contributed by atoms with Crippen LogP contribution in [-0.2, 0) is 6.42 Å². The molecule has 0 radical (unpaired) electrons. The second-order valence-corrected chi connectivity index (χ2v) is 5.51. The maximum Gasteiger partial charge on any atom is 0.218 e. The molecule has 0 atom stereocenters. The van der Waals surface area contributed by atoms with Crippen molar-refractivity contribution in [2.75, 3.05) is 19.6 Å². The van der Waals surface area contributed by atoms with Gasteiger partial charge in [-0.2, -0.15) is 4.99 Å². The van der Waals surface area contributed by atoms with E-state index in [1.807, 2.05) is 24.3 Å². The van der Waals surface area contributed by atoms with Crippen LogP contribution < -0.4 is 11.5 Å². The van der Waals surface area contributed by atoms with Crippen LogP contribution in [0, 0.1) is 0 Å². The number of hydrogen-bond acceptors (Lipinski definition) is 1. The predicted molar refractivity (Wildman–Crippen MR) is 95.9 cm³/mol. The fourth-order valence-electron chi connectivity index (χ4n) is 2.34. The third-order valence-electron chi connectivity index (χ3n) is 3.52. The molecule has 1 aliphatic rings. The number of rotatable bonds is 3. The molecule has 1 saturated heterocycles. The summed E-state index contributed by atoms with van der Waals surface area (Å²) < 4.78 is 0. The van der Waals surface area contributed by atoms with Gasteiger partial charge < -0.3 is 16.4 Å². The van der Waals surface area contributed by atoms with Gasteiger partial charge in [0.05, 0.1) is 0 Å². The van der Waals surface area contributed by atoms with Crippen LogP contribution in [0.25, 0.3) is 0 Å². The number of nitrogens with two attached hydrogens (primary N) is 2. The number of piperidine rings is 1. The van der Waals surface area contributed by atoms with Crippen molar-refractivity contribution in [1.29, 1.82) is 0 Å². The van der Waals surface area contributed by atoms with E-state index in [9.17, 15) is 0 Å². The lowest BCUT2D eigenvalue weighted by Crippen LogP contribution is -2.41. The minimum atomic E-state index is 0. The van der Waals surface area contributed by atoms with Gasteiger partial charge in [0.15, 0.2) is 5.96 Å². The van der Waals surface area contributed by atoms with E-state index in [0.717, 1.165) is 42.9 Å². The first-order chi connectivity index (χ1) is 10.2. The number of guanidine groups is 2. The fraction of sp³-hybridized carbons (Fsp3) is 0.467. The summed E-state index contributed by atoms with van der Waals surface area (Å²) >= 11 is 6.09. The first-order valence-electron chi connectivity index (χ1n) is 7.29. The Balaban J connectivity index is 0.00000242. The van der Waals surface area contributed by atoms with Crippen LogP contribution in [0.2, 0.25) is 5.02 Å². The van der Waals surface area contributed by atoms with Gasteiger partial charge in [0.2, 0.25) is 5.96 Å². The molecule has 1 fully saturated rings. The number of aliphatic imine (C=N–C) groups is 2. The molecule has 1 aliphatic heterocycles. The van der Waals surface area contributed by atoms with Gasteiger partial charge in [0.1, 0.15) is 0 Å². The van der Waals surface area contributed by atoms with Crippen LogP contribution >= 0.6 is 24.0 Å². The highest BCUT2D eigenvalue weighted by Gasteiger charge is 2.12. The smallest absolute Gasteiger partial charge is 0.218 e. The minimum Gasteiger partial charge on any atom is -0.369 e. The summed E-state index contributed by atoms with van der Waals surface area (Å²) in [5.74, 6) is 0.693. The molecular weight excluding hydrogens is 321 g/mol. The van der Waals surface area contributed by atoms with Crippen LogP contribution in [0.15, 0.2) is 34.3 Å². The Kier molecular flexibility index (Phi) is 8.06. The summed E-state index contributed by atoms with van der Waals surface area (Å²) in [5.41, 5.74) is 12.8. The molecule has 5 nitrogen and oxygen atoms in total. The summed E-state index contributed by atoms with van der Waals surface area (Å²) in [5, 5.41) is 0.752. The van der Waals surface area contributed by atoms with Crippen molar-refractivity contribution in [2.24, 2.45) is 21.5 Å². The maximum atomic E-state index is 6.09. The Morgan fingerprint density at radius 2 is 1.82 bits per heavy atom. The average Bonchev–Trinajstić information content (AvgIpc) is 2.50. The second kappa shape index (κ2) is 9.54. The van der Waals surface area contributed by atoms with Gasteiger partial charge in [-0.25, -0.2) is 0 Å². The molecule has 122 valence electrons. The summed E-state index contributed by atoms with van der Waals surface area (Å²) in [6.07, 6.45) is 4.30. The van der Waals surface area contributed by atoms with Gasteiger partial charge in [-0.1, -0.05) is 29.8 Å². The Labute approximate surface area is 142 Å². The lowest BCUT2D eigenvalue weighted by molar-refractivity contribution is 0.339. The molecule has 0 amide bonds. The minimum absolute atomic E-state index is 0. The van der Waals surface area contributed by atoms with E-state index >= 15 is 0 Å². The normalized spacial score (nSPS) is 16.3. The number of hydrogen-bond donors (Lipinski definition) is 2. The SMILES string of the molecule is Cl.NC(=NCCc1ccccc1Cl)N=C(N)N1CCCCC1. The molecule has 0 aromatic heterocycles. The third kappa shape index (κ3) is 5.73. The van der Waals surface area contributed by atoms with Gasteiger partial charge in [0, 0.05) is 24.7 Å². The molecule has 0 unspecified atom stereocenters. The highest BCUT2D eigenvalue weighted by atomic mass is 35.5. The Hall–Kier alpha value is -1.46. The number of nitrogens with zero attached hydrogens (tertiary/aromatic N) is 3. The zero-order valence-electron chi connectivity index (χ0n) is 12.5. The number of halogens is 2. The van der Waals surface area contributed by atoms with Gasteiger partial charge in [0.25, 0.3) is 0 Å². The van der Waals surface area contributed by atoms with Crippen molar-refractivity contribution in [3.63, 3.8) is 0 Å². The summed E-state index contributed by atoms with van der Waals surface area (Å²) in [4.78, 5) is 10.5. The van der Waals surface area contributed by atoms with Crippen LogP contribution in [0.5, 0.6) is 0 Å². The van der Waals surface area contributed by atoms with E-state index < -0.39 is 0 Å². The van der Waals surface area contributed by atoms with Gasteiger partial charge in [-0.15, -0.1) is 12.4 Å². The highest BCUT2D eigenvalue weighted by Crippen LogP contribution is 2.15. The molecule has 0 saturated carbocycles. The molecule has 2 rings (SSSR count). The zero-order chi connectivity index (χ0) is 15.1. The molecule has 7 heteroatoms. The van der Waals surface area contributed by atoms with Crippen molar-refractivity contribution >= 4 is 35.9 Å². The Morgan fingerprint density at radius 3 is 2.50 bits per heavy atom. The first kappa shape index (κ1) is 18.6. The standard InChI is InChI=1S/C15H22ClN5.ClH/c16-13-7-3-2-6-12(13)8-9-19-14(17)20-15(18)21-10-4-1-5-11-21;/h2-3,6-7H,1,4-5,8-11H2,(H4,17,18,19,20);1H. The van der Waals surface area contributed by atoms with Crippen molar-refractivity contribution in [2.45, 2.75) is 25.7 Å². The maximum absolute atomic E-state index is 6.09. The van der Waals surface area contributed by atoms with Crippen molar-refractivity contribution in [3.05, 3.63) is 34.9 Å². The van der Waals surface area contributed by atoms with Crippen LogP contribution in [0.1, 0.15) is 24.8 Å². The van der Waals surface area contributed by atoms with Gasteiger partial charge >= 0.3 is 0 Å². The third-order valence-corrected chi connectivity index (χ3v) is 3.89. The van der Waals surface area contributed by atoms with E-state index in [1.54, 1.807) is 0 Å². The summed E-state index contributed by atoms with van der Waals surface area (Å²) in [7, 11) is 0. The topological polar surface area (TPSA) is 80.0 Å². The molecular formula is C15H23Cl2N5. The molecule has 1 heterocycles. The lowest BCUT2D eigenvalue weighted by atomic mass is 10.1. The second-order valence-electron chi connectivity index (χ2n) is 5.10. The van der Waals surface area contributed by atoms with Crippen LogP contribution in [-0.4, -0.2) is 36.5 Å². The molecule has 4 N–H and O–H groups in total. The van der Waals surface area contributed by atoms with Crippen molar-refractivity contribution in [3.8, 4) is 0 Å². The summed E-state index contributed by atoms with van der Waals surface area (Å²) in [6.45, 7) is 2.44. The quantitative estimate of drug-likeness (QED) is 0.653. The zero-order valence-corrected chi connectivity index (χ0v) is 14.1. The summed E-state index contributed by atoms with van der Waals surface area (Å²) in [6, 6.07) is 7.73. The fourth-order valence-corrected chi connectivity index (χ4v) is 2.57. The van der Waals surface area contributed by atoms with Gasteiger partial charge in [-0.3, -0.25) is 4.99 Å².